The molecule has 0 atom stereocenters. The number of rotatable bonds is 7. The van der Waals surface area contributed by atoms with E-state index in [1.54, 1.807) is 37.4 Å². The van der Waals surface area contributed by atoms with Gasteiger partial charge in [0.2, 0.25) is 0 Å². The van der Waals surface area contributed by atoms with Crippen LogP contribution in [0.15, 0.2) is 40.9 Å². The fourth-order valence-corrected chi connectivity index (χ4v) is 1.67. The lowest BCUT2D eigenvalue weighted by Crippen LogP contribution is -1.95. The average molecular weight is 289 g/mol. The molecule has 1 aromatic heterocycles. The van der Waals surface area contributed by atoms with Crippen molar-refractivity contribution in [3.05, 3.63) is 53.4 Å². The Bertz CT molecular complexity index is 632. The van der Waals surface area contributed by atoms with Crippen molar-refractivity contribution in [1.82, 2.24) is 5.16 Å². The fraction of sp³-hybridized carbons (Fsp3) is 0.200. The van der Waals surface area contributed by atoms with Crippen LogP contribution in [0.2, 0.25) is 0 Å². The zero-order valence-corrected chi connectivity index (χ0v) is 11.5. The first-order chi connectivity index (χ1) is 10.2. The number of carboxylic acids is 1. The van der Waals surface area contributed by atoms with Crippen molar-refractivity contribution in [2.75, 3.05) is 7.11 Å². The van der Waals surface area contributed by atoms with Crippen molar-refractivity contribution in [2.24, 2.45) is 0 Å². The van der Waals surface area contributed by atoms with E-state index in [0.717, 1.165) is 11.6 Å². The van der Waals surface area contributed by atoms with Gasteiger partial charge in [-0.15, -0.1) is 0 Å². The highest BCUT2D eigenvalue weighted by atomic mass is 16.5. The van der Waals surface area contributed by atoms with Crippen molar-refractivity contribution < 1.29 is 23.9 Å². The predicted octanol–water partition coefficient (Wildman–Crippen LogP) is 2.50. The number of methoxy groups -OCH3 is 1. The Morgan fingerprint density at radius 2 is 2.24 bits per heavy atom. The van der Waals surface area contributed by atoms with Crippen LogP contribution in [0.25, 0.3) is 6.08 Å². The quantitative estimate of drug-likeness (QED) is 0.789. The Morgan fingerprint density at radius 1 is 1.38 bits per heavy atom. The topological polar surface area (TPSA) is 81.8 Å². The maximum atomic E-state index is 10.5. The minimum atomic E-state index is -0.991. The Balaban J connectivity index is 1.96. The van der Waals surface area contributed by atoms with Gasteiger partial charge in [-0.2, -0.15) is 0 Å². The molecule has 0 amide bonds. The molecular weight excluding hydrogens is 274 g/mol. The maximum absolute atomic E-state index is 10.5. The standard InChI is InChI=1S/C15H15NO5/c1-19-10-14-8-12(16-21-14)9-20-13-4-2-3-11(7-13)5-6-15(17)18/h2-8H,9-10H2,1H3,(H,17,18). The molecule has 6 heteroatoms. The van der Waals surface area contributed by atoms with Crippen LogP contribution in [0.5, 0.6) is 5.75 Å². The van der Waals surface area contributed by atoms with Gasteiger partial charge in [0.15, 0.2) is 5.76 Å². The van der Waals surface area contributed by atoms with Gasteiger partial charge in [-0.3, -0.25) is 0 Å². The predicted molar refractivity (Wildman–Crippen MR) is 74.7 cm³/mol. The van der Waals surface area contributed by atoms with Gasteiger partial charge in [0.05, 0.1) is 0 Å². The van der Waals surface area contributed by atoms with E-state index >= 15 is 0 Å². The summed E-state index contributed by atoms with van der Waals surface area (Å²) >= 11 is 0. The molecule has 1 heterocycles. The summed E-state index contributed by atoms with van der Waals surface area (Å²) < 4.78 is 15.6. The maximum Gasteiger partial charge on any atom is 0.328 e. The van der Waals surface area contributed by atoms with Crippen LogP contribution < -0.4 is 4.74 Å². The summed E-state index contributed by atoms with van der Waals surface area (Å²) in [6, 6.07) is 8.87. The molecular formula is C15H15NO5. The SMILES string of the molecule is COCc1cc(COc2cccc(C=CC(=O)O)c2)no1. The number of aromatic nitrogens is 1. The lowest BCUT2D eigenvalue weighted by molar-refractivity contribution is -0.131. The molecule has 1 aromatic carbocycles. The van der Waals surface area contributed by atoms with Crippen LogP contribution in [0, 0.1) is 0 Å². The minimum Gasteiger partial charge on any atom is -0.487 e. The molecule has 110 valence electrons. The molecule has 0 saturated carbocycles. The molecule has 0 bridgehead atoms. The molecule has 6 nitrogen and oxygen atoms in total. The molecule has 1 N–H and O–H groups in total. The molecule has 0 radical (unpaired) electrons. The van der Waals surface area contributed by atoms with Crippen molar-refractivity contribution in [1.29, 1.82) is 0 Å². The molecule has 0 aliphatic rings. The average Bonchev–Trinajstić information content (AvgIpc) is 2.92. The van der Waals surface area contributed by atoms with Crippen molar-refractivity contribution in [3.63, 3.8) is 0 Å². The Morgan fingerprint density at radius 3 is 3.00 bits per heavy atom. The van der Waals surface area contributed by atoms with Crippen LogP contribution in [-0.4, -0.2) is 23.3 Å². The van der Waals surface area contributed by atoms with E-state index in [1.165, 1.54) is 6.08 Å². The lowest BCUT2D eigenvalue weighted by Gasteiger charge is -2.04. The third-order valence-electron chi connectivity index (χ3n) is 2.56. The molecule has 2 aromatic rings. The highest BCUT2D eigenvalue weighted by molar-refractivity contribution is 5.85. The van der Waals surface area contributed by atoms with E-state index in [0.29, 0.717) is 23.8 Å². The second kappa shape index (κ2) is 7.25. The van der Waals surface area contributed by atoms with Gasteiger partial charge < -0.3 is 19.1 Å². The monoisotopic (exact) mass is 289 g/mol. The molecule has 2 rings (SSSR count). The molecule has 0 aliphatic heterocycles. The number of ether oxygens (including phenoxy) is 2. The van der Waals surface area contributed by atoms with Crippen LogP contribution in [0.3, 0.4) is 0 Å². The normalized spacial score (nSPS) is 10.9. The Kier molecular flexibility index (Phi) is 5.11. The number of nitrogens with zero attached hydrogens (tertiary/aromatic N) is 1. The van der Waals surface area contributed by atoms with Crippen LogP contribution in [0.4, 0.5) is 0 Å². The molecule has 0 fully saturated rings. The van der Waals surface area contributed by atoms with Gasteiger partial charge in [-0.1, -0.05) is 17.3 Å². The molecule has 0 saturated heterocycles. The molecule has 21 heavy (non-hydrogen) atoms. The first-order valence-corrected chi connectivity index (χ1v) is 6.24. The minimum absolute atomic E-state index is 0.263. The summed E-state index contributed by atoms with van der Waals surface area (Å²) in [4.78, 5) is 10.5. The van der Waals surface area contributed by atoms with Crippen LogP contribution >= 0.6 is 0 Å². The highest BCUT2D eigenvalue weighted by Crippen LogP contribution is 2.16. The van der Waals surface area contributed by atoms with Crippen molar-refractivity contribution in [3.8, 4) is 5.75 Å². The Hall–Kier alpha value is -2.60. The summed E-state index contributed by atoms with van der Waals surface area (Å²) in [6.07, 6.45) is 2.58. The number of benzene rings is 1. The number of hydrogen-bond donors (Lipinski definition) is 1. The molecule has 0 unspecified atom stereocenters. The number of carbonyl (C=O) groups is 1. The van der Waals surface area contributed by atoms with E-state index in [2.05, 4.69) is 5.16 Å². The van der Waals surface area contributed by atoms with Gasteiger partial charge in [-0.25, -0.2) is 4.79 Å². The van der Waals surface area contributed by atoms with Crippen molar-refractivity contribution >= 4 is 12.0 Å². The van der Waals surface area contributed by atoms with E-state index in [-0.39, 0.29) is 6.61 Å². The van der Waals surface area contributed by atoms with E-state index in [9.17, 15) is 4.79 Å². The van der Waals surface area contributed by atoms with E-state index in [4.69, 9.17) is 19.1 Å². The second-order valence-electron chi connectivity index (χ2n) is 4.25. The fourth-order valence-electron chi connectivity index (χ4n) is 1.67. The smallest absolute Gasteiger partial charge is 0.328 e. The van der Waals surface area contributed by atoms with Gasteiger partial charge in [0.25, 0.3) is 0 Å². The number of aliphatic carboxylic acids is 1. The van der Waals surface area contributed by atoms with Crippen molar-refractivity contribution in [2.45, 2.75) is 13.2 Å². The first-order valence-electron chi connectivity index (χ1n) is 6.24. The lowest BCUT2D eigenvalue weighted by atomic mass is 10.2. The summed E-state index contributed by atoms with van der Waals surface area (Å²) in [5.41, 5.74) is 1.41. The number of carboxylic acid groups (broad SMARTS) is 1. The van der Waals surface area contributed by atoms with Gasteiger partial charge in [-0.05, 0) is 23.8 Å². The third-order valence-corrected chi connectivity index (χ3v) is 2.56. The first kappa shape index (κ1) is 14.8. The van der Waals surface area contributed by atoms with Gasteiger partial charge in [0, 0.05) is 19.3 Å². The van der Waals surface area contributed by atoms with Crippen LogP contribution in [0.1, 0.15) is 17.0 Å². The zero-order chi connectivity index (χ0) is 15.1. The summed E-state index contributed by atoms with van der Waals surface area (Å²) in [5.74, 6) is 0.266. The van der Waals surface area contributed by atoms with E-state index in [1.807, 2.05) is 0 Å². The van der Waals surface area contributed by atoms with Gasteiger partial charge in [0.1, 0.15) is 24.7 Å². The summed E-state index contributed by atoms with van der Waals surface area (Å²) in [5, 5.41) is 12.5. The largest absolute Gasteiger partial charge is 0.487 e. The third kappa shape index (κ3) is 4.77. The molecule has 0 spiro atoms. The number of hydrogen-bond acceptors (Lipinski definition) is 5. The highest BCUT2D eigenvalue weighted by Gasteiger charge is 2.04. The summed E-state index contributed by atoms with van der Waals surface area (Å²) in [7, 11) is 1.58. The van der Waals surface area contributed by atoms with Gasteiger partial charge >= 0.3 is 5.97 Å². The molecule has 0 aliphatic carbocycles. The zero-order valence-electron chi connectivity index (χ0n) is 11.5. The van der Waals surface area contributed by atoms with Crippen LogP contribution in [-0.2, 0) is 22.7 Å². The second-order valence-corrected chi connectivity index (χ2v) is 4.25. The summed E-state index contributed by atoms with van der Waals surface area (Å²) in [6.45, 7) is 0.627. The Labute approximate surface area is 121 Å². The van der Waals surface area contributed by atoms with E-state index < -0.39 is 5.97 Å².